The summed E-state index contributed by atoms with van der Waals surface area (Å²) in [5, 5.41) is 5.48. The Morgan fingerprint density at radius 2 is 2.18 bits per heavy atom. The monoisotopic (exact) mass is 244 g/mol. The first-order chi connectivity index (χ1) is 8.38. The molecule has 3 heteroatoms. The average Bonchev–Trinajstić information content (AvgIpc) is 2.99. The normalized spacial score (nSPS) is 15.8. The van der Waals surface area contributed by atoms with Crippen molar-refractivity contribution in [2.45, 2.75) is 25.3 Å². The minimum absolute atomic E-state index is 0.229. The van der Waals surface area contributed by atoms with Crippen molar-refractivity contribution in [2.24, 2.45) is 0 Å². The van der Waals surface area contributed by atoms with E-state index in [1.807, 2.05) is 12.6 Å². The fraction of sp³-hybridized carbons (Fsp3) is 0.357. The van der Waals surface area contributed by atoms with Crippen LogP contribution in [-0.2, 0) is 12.8 Å². The van der Waals surface area contributed by atoms with Crippen LogP contribution in [0.4, 0.5) is 0 Å². The van der Waals surface area contributed by atoms with E-state index in [4.69, 9.17) is 0 Å². The third kappa shape index (κ3) is 2.01. The molecule has 1 aromatic carbocycles. The number of nitrogens with zero attached hydrogens (tertiary/aromatic N) is 1. The van der Waals surface area contributed by atoms with Gasteiger partial charge in [0.1, 0.15) is 0 Å². The molecule has 1 N–H and O–H groups in total. The van der Waals surface area contributed by atoms with E-state index in [0.717, 1.165) is 5.69 Å². The van der Waals surface area contributed by atoms with Crippen molar-refractivity contribution in [1.29, 1.82) is 0 Å². The maximum absolute atomic E-state index is 4.41. The second-order valence-corrected chi connectivity index (χ2v) is 5.24. The standard InChI is InChI=1S/C14H16N2S/c1-15-14(13-8-17-9-16-13)12-6-5-10-3-2-4-11(10)7-12/h5-9,14-15H,2-4H2,1H3. The Morgan fingerprint density at radius 1 is 1.29 bits per heavy atom. The highest BCUT2D eigenvalue weighted by molar-refractivity contribution is 7.07. The van der Waals surface area contributed by atoms with Gasteiger partial charge in [-0.15, -0.1) is 11.3 Å². The molecular weight excluding hydrogens is 228 g/mol. The van der Waals surface area contributed by atoms with Gasteiger partial charge in [-0.25, -0.2) is 4.98 Å². The Kier molecular flexibility index (Phi) is 2.95. The predicted octanol–water partition coefficient (Wildman–Crippen LogP) is 2.94. The first-order valence-electron chi connectivity index (χ1n) is 6.05. The number of thiazole rings is 1. The largest absolute Gasteiger partial charge is 0.308 e. The molecule has 1 aromatic heterocycles. The molecule has 0 spiro atoms. The summed E-state index contributed by atoms with van der Waals surface area (Å²) in [6.45, 7) is 0. The number of aryl methyl sites for hydroxylation is 2. The van der Waals surface area contributed by atoms with Crippen LogP contribution < -0.4 is 5.32 Å². The first kappa shape index (κ1) is 10.9. The van der Waals surface area contributed by atoms with Gasteiger partial charge in [-0.2, -0.15) is 0 Å². The van der Waals surface area contributed by atoms with Crippen molar-refractivity contribution in [3.8, 4) is 0 Å². The lowest BCUT2D eigenvalue weighted by Gasteiger charge is -2.15. The average molecular weight is 244 g/mol. The molecule has 2 aromatic rings. The van der Waals surface area contributed by atoms with Crippen molar-refractivity contribution in [3.63, 3.8) is 0 Å². The summed E-state index contributed by atoms with van der Waals surface area (Å²) in [4.78, 5) is 4.41. The van der Waals surface area contributed by atoms with Crippen molar-refractivity contribution in [2.75, 3.05) is 7.05 Å². The zero-order valence-corrected chi connectivity index (χ0v) is 10.8. The van der Waals surface area contributed by atoms with E-state index in [1.54, 1.807) is 11.3 Å². The topological polar surface area (TPSA) is 24.9 Å². The van der Waals surface area contributed by atoms with E-state index in [-0.39, 0.29) is 6.04 Å². The van der Waals surface area contributed by atoms with Crippen LogP contribution in [0.2, 0.25) is 0 Å². The highest BCUT2D eigenvalue weighted by Gasteiger charge is 2.17. The predicted molar refractivity (Wildman–Crippen MR) is 71.5 cm³/mol. The van der Waals surface area contributed by atoms with Gasteiger partial charge in [0.2, 0.25) is 0 Å². The van der Waals surface area contributed by atoms with E-state index < -0.39 is 0 Å². The molecule has 1 aliphatic rings. The molecule has 0 aliphatic heterocycles. The summed E-state index contributed by atoms with van der Waals surface area (Å²) in [5.74, 6) is 0. The summed E-state index contributed by atoms with van der Waals surface area (Å²) in [6.07, 6.45) is 3.78. The van der Waals surface area contributed by atoms with Gasteiger partial charge in [0.25, 0.3) is 0 Å². The highest BCUT2D eigenvalue weighted by Crippen LogP contribution is 2.28. The van der Waals surface area contributed by atoms with Crippen LogP contribution in [-0.4, -0.2) is 12.0 Å². The molecule has 1 aliphatic carbocycles. The molecule has 3 rings (SSSR count). The summed E-state index contributed by atoms with van der Waals surface area (Å²) in [6, 6.07) is 7.11. The third-order valence-electron chi connectivity index (χ3n) is 3.49. The van der Waals surface area contributed by atoms with Gasteiger partial charge in [-0.05, 0) is 43.0 Å². The minimum Gasteiger partial charge on any atom is -0.308 e. The van der Waals surface area contributed by atoms with Crippen LogP contribution in [0, 0.1) is 0 Å². The molecule has 0 saturated carbocycles. The summed E-state index contributed by atoms with van der Waals surface area (Å²) < 4.78 is 0. The molecule has 0 bridgehead atoms. The molecule has 1 heterocycles. The number of hydrogen-bond acceptors (Lipinski definition) is 3. The lowest BCUT2D eigenvalue weighted by atomic mass is 9.99. The fourth-order valence-corrected chi connectivity index (χ4v) is 3.20. The van der Waals surface area contributed by atoms with E-state index in [1.165, 1.54) is 36.0 Å². The van der Waals surface area contributed by atoms with Crippen LogP contribution in [0.3, 0.4) is 0 Å². The number of nitrogens with one attached hydrogen (secondary N) is 1. The van der Waals surface area contributed by atoms with Crippen LogP contribution in [0.25, 0.3) is 0 Å². The number of fused-ring (bicyclic) bond motifs is 1. The van der Waals surface area contributed by atoms with Gasteiger partial charge in [0, 0.05) is 5.38 Å². The third-order valence-corrected chi connectivity index (χ3v) is 4.10. The van der Waals surface area contributed by atoms with Gasteiger partial charge in [0.05, 0.1) is 17.2 Å². The minimum atomic E-state index is 0.229. The van der Waals surface area contributed by atoms with Gasteiger partial charge in [0.15, 0.2) is 0 Å². The molecule has 1 unspecified atom stereocenters. The first-order valence-corrected chi connectivity index (χ1v) is 7.00. The summed E-state index contributed by atoms with van der Waals surface area (Å²) in [7, 11) is 2.00. The Morgan fingerprint density at radius 3 is 2.94 bits per heavy atom. The molecule has 2 nitrogen and oxygen atoms in total. The quantitative estimate of drug-likeness (QED) is 0.898. The Bertz CT molecular complexity index is 505. The molecule has 0 amide bonds. The van der Waals surface area contributed by atoms with Crippen LogP contribution >= 0.6 is 11.3 Å². The molecule has 0 radical (unpaired) electrons. The lowest BCUT2D eigenvalue weighted by Crippen LogP contribution is -2.18. The fourth-order valence-electron chi connectivity index (χ4n) is 2.62. The van der Waals surface area contributed by atoms with E-state index >= 15 is 0 Å². The van der Waals surface area contributed by atoms with Crippen molar-refractivity contribution < 1.29 is 0 Å². The smallest absolute Gasteiger partial charge is 0.0795 e. The van der Waals surface area contributed by atoms with Crippen LogP contribution in [0.15, 0.2) is 29.1 Å². The number of rotatable bonds is 3. The maximum atomic E-state index is 4.41. The van der Waals surface area contributed by atoms with Gasteiger partial charge >= 0.3 is 0 Å². The van der Waals surface area contributed by atoms with E-state index in [2.05, 4.69) is 33.9 Å². The molecule has 1 atom stereocenters. The second-order valence-electron chi connectivity index (χ2n) is 4.52. The van der Waals surface area contributed by atoms with Crippen molar-refractivity contribution in [3.05, 3.63) is 51.5 Å². The Labute approximate surface area is 106 Å². The van der Waals surface area contributed by atoms with E-state index in [9.17, 15) is 0 Å². The zero-order chi connectivity index (χ0) is 11.7. The summed E-state index contributed by atoms with van der Waals surface area (Å²) in [5.41, 5.74) is 7.40. The van der Waals surface area contributed by atoms with Crippen LogP contribution in [0.5, 0.6) is 0 Å². The van der Waals surface area contributed by atoms with Crippen molar-refractivity contribution in [1.82, 2.24) is 10.3 Å². The van der Waals surface area contributed by atoms with E-state index in [0.29, 0.717) is 0 Å². The number of benzene rings is 1. The van der Waals surface area contributed by atoms with Gasteiger partial charge in [-0.3, -0.25) is 0 Å². The highest BCUT2D eigenvalue weighted by atomic mass is 32.1. The summed E-state index contributed by atoms with van der Waals surface area (Å²) >= 11 is 1.65. The van der Waals surface area contributed by atoms with Gasteiger partial charge in [-0.1, -0.05) is 18.2 Å². The lowest BCUT2D eigenvalue weighted by molar-refractivity contribution is 0.674. The molecule has 0 fully saturated rings. The molecule has 88 valence electrons. The van der Waals surface area contributed by atoms with Crippen LogP contribution in [0.1, 0.15) is 34.8 Å². The molecular formula is C14H16N2S. The number of hydrogen-bond donors (Lipinski definition) is 1. The molecule has 17 heavy (non-hydrogen) atoms. The molecule has 0 saturated heterocycles. The number of aromatic nitrogens is 1. The maximum Gasteiger partial charge on any atom is 0.0795 e. The van der Waals surface area contributed by atoms with Gasteiger partial charge < -0.3 is 5.32 Å². The second kappa shape index (κ2) is 4.59. The van der Waals surface area contributed by atoms with Crippen molar-refractivity contribution >= 4 is 11.3 Å². The Hall–Kier alpha value is -1.19. The zero-order valence-electron chi connectivity index (χ0n) is 9.94. The Balaban J connectivity index is 1.97. The SMILES string of the molecule is CNC(c1ccc2c(c1)CCC2)c1cscn1.